The third kappa shape index (κ3) is 5.39. The van der Waals surface area contributed by atoms with E-state index >= 15 is 0 Å². The molecule has 3 aromatic carbocycles. The lowest BCUT2D eigenvalue weighted by atomic mass is 9.55. The fourth-order valence-electron chi connectivity index (χ4n) is 8.05. The van der Waals surface area contributed by atoms with Crippen molar-refractivity contribution in [3.8, 4) is 17.2 Å². The Morgan fingerprint density at radius 3 is 1.82 bits per heavy atom. The van der Waals surface area contributed by atoms with Gasteiger partial charge in [0.25, 0.3) is 0 Å². The minimum absolute atomic E-state index is 0.0883. The molecule has 5 unspecified atom stereocenters. The Hall–Kier alpha value is -3.24. The Labute approximate surface area is 239 Å². The van der Waals surface area contributed by atoms with Crippen LogP contribution in [0.15, 0.2) is 66.7 Å². The maximum atomic E-state index is 10.4. The van der Waals surface area contributed by atoms with Crippen LogP contribution >= 0.6 is 0 Å². The summed E-state index contributed by atoms with van der Waals surface area (Å²) in [5.74, 6) is 3.06. The van der Waals surface area contributed by atoms with Crippen LogP contribution in [0.3, 0.4) is 0 Å². The SMILES string of the molecule is CC/C(=C(/CC)c1ccc(O)cc1)c1ccc(O)cc1.CC12CCC3c4ccc(O)cc4CCC3C1CCC2O. The van der Waals surface area contributed by atoms with Crippen LogP contribution in [0.5, 0.6) is 17.2 Å². The fourth-order valence-corrected chi connectivity index (χ4v) is 8.05. The molecule has 0 radical (unpaired) electrons. The second kappa shape index (κ2) is 11.7. The van der Waals surface area contributed by atoms with Crippen molar-refractivity contribution in [3.63, 3.8) is 0 Å². The van der Waals surface area contributed by atoms with Crippen molar-refractivity contribution in [2.75, 3.05) is 0 Å². The van der Waals surface area contributed by atoms with Gasteiger partial charge in [-0.05, 0) is 144 Å². The van der Waals surface area contributed by atoms with E-state index in [4.69, 9.17) is 0 Å². The summed E-state index contributed by atoms with van der Waals surface area (Å²) < 4.78 is 0. The van der Waals surface area contributed by atoms with Crippen LogP contribution in [-0.2, 0) is 6.42 Å². The predicted octanol–water partition coefficient (Wildman–Crippen LogP) is 8.44. The Morgan fingerprint density at radius 1 is 0.725 bits per heavy atom. The van der Waals surface area contributed by atoms with Gasteiger partial charge in [0.1, 0.15) is 17.2 Å². The maximum Gasteiger partial charge on any atom is 0.115 e. The fraction of sp³-hybridized carbons (Fsp3) is 0.444. The molecule has 40 heavy (non-hydrogen) atoms. The lowest BCUT2D eigenvalue weighted by Gasteiger charge is -2.50. The molecule has 0 heterocycles. The van der Waals surface area contributed by atoms with Gasteiger partial charge in [-0.1, -0.05) is 51.1 Å². The van der Waals surface area contributed by atoms with Crippen LogP contribution in [0.25, 0.3) is 11.1 Å². The van der Waals surface area contributed by atoms with Crippen molar-refractivity contribution in [1.29, 1.82) is 0 Å². The molecule has 212 valence electrons. The minimum atomic E-state index is -0.0883. The molecule has 3 aliphatic rings. The number of hydrogen-bond acceptors (Lipinski definition) is 4. The van der Waals surface area contributed by atoms with E-state index in [2.05, 4.69) is 26.8 Å². The number of aryl methyl sites for hydroxylation is 1. The van der Waals surface area contributed by atoms with E-state index in [1.165, 1.54) is 41.5 Å². The standard InChI is InChI=1S/C18H24O2.C18H20O2/c1-18-9-8-14-13-5-3-12(19)10-11(13)2-4-15(14)16(18)6-7-17(18)20;1-3-17(13-5-9-15(19)10-6-13)18(4-2)14-7-11-16(20)12-8-14/h3,5,10,14-17,19-20H,2,4,6-9H2,1H3;5-12,19-20H,3-4H2,1-2H3/b;18-17+. The van der Waals surface area contributed by atoms with E-state index in [-0.39, 0.29) is 23.0 Å². The number of phenols is 3. The van der Waals surface area contributed by atoms with Gasteiger partial charge in [0.05, 0.1) is 6.10 Å². The monoisotopic (exact) mass is 540 g/mol. The molecular weight excluding hydrogens is 496 g/mol. The first-order chi connectivity index (χ1) is 19.2. The number of aromatic hydroxyl groups is 3. The predicted molar refractivity (Wildman–Crippen MR) is 162 cm³/mol. The molecule has 0 spiro atoms. The summed E-state index contributed by atoms with van der Waals surface area (Å²) in [5.41, 5.74) is 7.81. The maximum absolute atomic E-state index is 10.4. The molecule has 6 rings (SSSR count). The molecular formula is C36H44O4. The smallest absolute Gasteiger partial charge is 0.115 e. The van der Waals surface area contributed by atoms with Crippen molar-refractivity contribution in [1.82, 2.24) is 0 Å². The Balaban J connectivity index is 0.000000161. The molecule has 0 amide bonds. The highest BCUT2D eigenvalue weighted by Gasteiger charge is 2.54. The summed E-state index contributed by atoms with van der Waals surface area (Å²) in [5, 5.41) is 38.9. The zero-order chi connectivity index (χ0) is 28.4. The van der Waals surface area contributed by atoms with Gasteiger partial charge in [-0.2, -0.15) is 0 Å². The number of phenolic OH excluding ortho intramolecular Hbond substituents is 3. The topological polar surface area (TPSA) is 80.9 Å². The Morgan fingerprint density at radius 2 is 1.27 bits per heavy atom. The second-order valence-electron chi connectivity index (χ2n) is 12.2. The summed E-state index contributed by atoms with van der Waals surface area (Å²) in [6.07, 6.45) is 8.63. The van der Waals surface area contributed by atoms with E-state index in [1.807, 2.05) is 36.4 Å². The van der Waals surface area contributed by atoms with Gasteiger partial charge in [0.15, 0.2) is 0 Å². The third-order valence-corrected chi connectivity index (χ3v) is 10.2. The van der Waals surface area contributed by atoms with Crippen LogP contribution in [0, 0.1) is 17.3 Å². The second-order valence-corrected chi connectivity index (χ2v) is 12.2. The zero-order valence-corrected chi connectivity index (χ0v) is 24.1. The van der Waals surface area contributed by atoms with E-state index in [0.717, 1.165) is 49.1 Å². The lowest BCUT2D eigenvalue weighted by Crippen LogP contribution is -2.43. The first-order valence-corrected chi connectivity index (χ1v) is 15.1. The molecule has 4 nitrogen and oxygen atoms in total. The van der Waals surface area contributed by atoms with Gasteiger partial charge in [0.2, 0.25) is 0 Å². The molecule has 5 atom stereocenters. The number of rotatable bonds is 4. The molecule has 3 aromatic rings. The highest BCUT2D eigenvalue weighted by atomic mass is 16.3. The molecule has 2 fully saturated rings. The molecule has 2 saturated carbocycles. The number of hydrogen-bond donors (Lipinski definition) is 4. The van der Waals surface area contributed by atoms with Gasteiger partial charge in [-0.3, -0.25) is 0 Å². The van der Waals surface area contributed by atoms with Crippen LogP contribution < -0.4 is 0 Å². The largest absolute Gasteiger partial charge is 0.508 e. The summed E-state index contributed by atoms with van der Waals surface area (Å²) in [4.78, 5) is 0. The van der Waals surface area contributed by atoms with Gasteiger partial charge < -0.3 is 20.4 Å². The molecule has 0 saturated heterocycles. The van der Waals surface area contributed by atoms with E-state index in [1.54, 1.807) is 24.3 Å². The normalized spacial score (nSPS) is 27.4. The van der Waals surface area contributed by atoms with E-state index in [9.17, 15) is 20.4 Å². The number of allylic oxidation sites excluding steroid dienone is 2. The third-order valence-electron chi connectivity index (χ3n) is 10.2. The molecule has 3 aliphatic carbocycles. The Bertz CT molecular complexity index is 1280. The van der Waals surface area contributed by atoms with Gasteiger partial charge in [-0.15, -0.1) is 0 Å². The van der Waals surface area contributed by atoms with Crippen molar-refractivity contribution >= 4 is 11.1 Å². The zero-order valence-electron chi connectivity index (χ0n) is 24.1. The molecule has 0 bridgehead atoms. The molecule has 4 heteroatoms. The van der Waals surface area contributed by atoms with Crippen LogP contribution in [0.4, 0.5) is 0 Å². The number of benzene rings is 3. The highest BCUT2D eigenvalue weighted by Crippen LogP contribution is 2.60. The van der Waals surface area contributed by atoms with Gasteiger partial charge in [0, 0.05) is 0 Å². The Kier molecular flexibility index (Phi) is 8.28. The van der Waals surface area contributed by atoms with Crippen molar-refractivity contribution < 1.29 is 20.4 Å². The van der Waals surface area contributed by atoms with Crippen molar-refractivity contribution in [2.24, 2.45) is 17.3 Å². The van der Waals surface area contributed by atoms with Crippen molar-refractivity contribution in [3.05, 3.63) is 89.0 Å². The summed E-state index contributed by atoms with van der Waals surface area (Å²) in [6, 6.07) is 20.6. The lowest BCUT2D eigenvalue weighted by molar-refractivity contribution is -0.0226. The average molecular weight is 541 g/mol. The van der Waals surface area contributed by atoms with E-state index in [0.29, 0.717) is 17.6 Å². The molecule has 0 aromatic heterocycles. The van der Waals surface area contributed by atoms with Crippen LogP contribution in [0.2, 0.25) is 0 Å². The quantitative estimate of drug-likeness (QED) is 0.250. The summed E-state index contributed by atoms with van der Waals surface area (Å²) >= 11 is 0. The number of fused-ring (bicyclic) bond motifs is 5. The van der Waals surface area contributed by atoms with Gasteiger partial charge in [-0.25, -0.2) is 0 Å². The van der Waals surface area contributed by atoms with Crippen LogP contribution in [0.1, 0.15) is 93.9 Å². The van der Waals surface area contributed by atoms with E-state index < -0.39 is 0 Å². The number of aliphatic hydroxyl groups is 1. The minimum Gasteiger partial charge on any atom is -0.508 e. The van der Waals surface area contributed by atoms with Crippen LogP contribution in [-0.4, -0.2) is 26.5 Å². The first kappa shape index (κ1) is 28.3. The van der Waals surface area contributed by atoms with Gasteiger partial charge >= 0.3 is 0 Å². The number of aliphatic hydroxyl groups excluding tert-OH is 1. The molecule has 0 aliphatic heterocycles. The first-order valence-electron chi connectivity index (χ1n) is 15.1. The average Bonchev–Trinajstić information content (AvgIpc) is 3.27. The highest BCUT2D eigenvalue weighted by molar-refractivity contribution is 5.90. The summed E-state index contributed by atoms with van der Waals surface area (Å²) in [7, 11) is 0. The molecule has 4 N–H and O–H groups in total. The summed E-state index contributed by atoms with van der Waals surface area (Å²) in [6.45, 7) is 6.59. The van der Waals surface area contributed by atoms with Crippen molar-refractivity contribution in [2.45, 2.75) is 84.2 Å².